The van der Waals surface area contributed by atoms with E-state index in [1.165, 1.54) is 12.5 Å². The summed E-state index contributed by atoms with van der Waals surface area (Å²) in [6, 6.07) is 0. The first-order valence-electron chi connectivity index (χ1n) is 2.84. The van der Waals surface area contributed by atoms with Crippen LogP contribution in [0.1, 0.15) is 5.69 Å². The summed E-state index contributed by atoms with van der Waals surface area (Å²) in [6.45, 7) is 0. The van der Waals surface area contributed by atoms with E-state index in [1.54, 1.807) is 0 Å². The van der Waals surface area contributed by atoms with Crippen LogP contribution >= 0.6 is 0 Å². The van der Waals surface area contributed by atoms with Crippen molar-refractivity contribution in [3.63, 3.8) is 0 Å². The number of nitrogens with two attached hydrogens (primary N) is 1. The van der Waals surface area contributed by atoms with Gasteiger partial charge in [-0.1, -0.05) is 0 Å². The summed E-state index contributed by atoms with van der Waals surface area (Å²) in [5, 5.41) is 13.2. The van der Waals surface area contributed by atoms with Gasteiger partial charge in [-0.3, -0.25) is 14.7 Å². The molecule has 4 N–H and O–H groups in total. The number of nitrogens with one attached hydrogen (secondary N) is 2. The number of aromatic nitrogens is 2. The summed E-state index contributed by atoms with van der Waals surface area (Å²) < 4.78 is 10.9. The Morgan fingerprint density at radius 3 is 2.91 bits per heavy atom. The van der Waals surface area contributed by atoms with Crippen molar-refractivity contribution in [2.45, 2.75) is 4.90 Å². The van der Waals surface area contributed by atoms with Crippen LogP contribution in [0.2, 0.25) is 0 Å². The highest BCUT2D eigenvalue weighted by Crippen LogP contribution is 2.06. The van der Waals surface area contributed by atoms with Crippen LogP contribution in [0.15, 0.2) is 11.1 Å². The molecule has 0 aliphatic rings. The Bertz CT molecular complexity index is 277. The fourth-order valence-corrected chi connectivity index (χ4v) is 1.33. The Morgan fingerprint density at radius 1 is 1.91 bits per heavy atom. The minimum Gasteiger partial charge on any atom is -0.382 e. The highest BCUT2D eigenvalue weighted by molar-refractivity contribution is 7.84. The molecular formula is C5H8N4OS. The first kappa shape index (κ1) is 7.93. The molecule has 1 unspecified atom stereocenters. The van der Waals surface area contributed by atoms with E-state index in [4.69, 9.17) is 11.1 Å². The lowest BCUT2D eigenvalue weighted by molar-refractivity contribution is 0.686. The van der Waals surface area contributed by atoms with Crippen molar-refractivity contribution in [1.29, 1.82) is 5.41 Å². The second-order valence-electron chi connectivity index (χ2n) is 1.98. The summed E-state index contributed by atoms with van der Waals surface area (Å²) in [5.41, 5.74) is 5.51. The summed E-state index contributed by atoms with van der Waals surface area (Å²) in [7, 11) is -1.14. The summed E-state index contributed by atoms with van der Waals surface area (Å²) in [6.07, 6.45) is 2.92. The minimum absolute atomic E-state index is 0.146. The molecule has 1 atom stereocenters. The van der Waals surface area contributed by atoms with Gasteiger partial charge in [-0.2, -0.15) is 5.10 Å². The van der Waals surface area contributed by atoms with Crippen molar-refractivity contribution in [2.24, 2.45) is 5.73 Å². The highest BCUT2D eigenvalue weighted by atomic mass is 32.2. The molecule has 1 heterocycles. The smallest absolute Gasteiger partial charge is 0.142 e. The van der Waals surface area contributed by atoms with E-state index in [0.29, 0.717) is 10.6 Å². The van der Waals surface area contributed by atoms with Gasteiger partial charge in [0.1, 0.15) is 11.5 Å². The lowest BCUT2D eigenvalue weighted by atomic mass is 10.4. The third kappa shape index (κ3) is 1.45. The Kier molecular flexibility index (Phi) is 2.04. The van der Waals surface area contributed by atoms with Crippen molar-refractivity contribution in [3.8, 4) is 0 Å². The molecule has 0 amide bonds. The standard InChI is InChI=1S/C5H8N4OS/c1-11(10)3-2-8-9-4(3)5(6)7/h2H,1H3,(H3,6,7)(H,8,9). The Balaban J connectivity index is 3.16. The second kappa shape index (κ2) is 2.83. The number of nitrogen functional groups attached to an aromatic ring is 1. The molecule has 0 fully saturated rings. The first-order valence-corrected chi connectivity index (χ1v) is 4.40. The number of rotatable bonds is 2. The quantitative estimate of drug-likeness (QED) is 0.412. The third-order valence-corrected chi connectivity index (χ3v) is 2.11. The zero-order chi connectivity index (χ0) is 8.43. The van der Waals surface area contributed by atoms with Crippen LogP contribution < -0.4 is 5.73 Å². The number of hydrogen-bond acceptors (Lipinski definition) is 3. The molecule has 0 bridgehead atoms. The average Bonchev–Trinajstić information content (AvgIpc) is 2.32. The Morgan fingerprint density at radius 2 is 2.55 bits per heavy atom. The first-order chi connectivity index (χ1) is 5.13. The molecule has 0 saturated carbocycles. The lowest BCUT2D eigenvalue weighted by Crippen LogP contribution is -2.14. The van der Waals surface area contributed by atoms with E-state index >= 15 is 0 Å². The van der Waals surface area contributed by atoms with Gasteiger partial charge in [0.2, 0.25) is 0 Å². The Labute approximate surface area is 66.0 Å². The molecular weight excluding hydrogens is 164 g/mol. The van der Waals surface area contributed by atoms with Crippen LogP contribution in [0.4, 0.5) is 0 Å². The molecule has 60 valence electrons. The minimum atomic E-state index is -1.14. The van der Waals surface area contributed by atoms with E-state index < -0.39 is 10.8 Å². The fourth-order valence-electron chi connectivity index (χ4n) is 0.686. The van der Waals surface area contributed by atoms with Gasteiger partial charge in [0.05, 0.1) is 21.9 Å². The van der Waals surface area contributed by atoms with E-state index in [1.807, 2.05) is 0 Å². The Hall–Kier alpha value is -1.17. The molecule has 0 radical (unpaired) electrons. The topological polar surface area (TPSA) is 95.6 Å². The maximum absolute atomic E-state index is 10.9. The average molecular weight is 172 g/mol. The third-order valence-electron chi connectivity index (χ3n) is 1.18. The van der Waals surface area contributed by atoms with Gasteiger partial charge in [0.15, 0.2) is 0 Å². The van der Waals surface area contributed by atoms with Crippen LogP contribution in [-0.4, -0.2) is 26.5 Å². The maximum Gasteiger partial charge on any atom is 0.142 e. The molecule has 0 spiro atoms. The molecule has 0 aliphatic carbocycles. The number of aromatic amines is 1. The van der Waals surface area contributed by atoms with E-state index in [-0.39, 0.29) is 5.84 Å². The van der Waals surface area contributed by atoms with Crippen molar-refractivity contribution in [1.82, 2.24) is 10.2 Å². The molecule has 1 rings (SSSR count). The molecule has 0 saturated heterocycles. The van der Waals surface area contributed by atoms with E-state index in [0.717, 1.165) is 0 Å². The summed E-state index contributed by atoms with van der Waals surface area (Å²) in [4.78, 5) is 0.470. The van der Waals surface area contributed by atoms with Crippen molar-refractivity contribution >= 4 is 16.6 Å². The molecule has 6 heteroatoms. The molecule has 11 heavy (non-hydrogen) atoms. The highest BCUT2D eigenvalue weighted by Gasteiger charge is 2.09. The van der Waals surface area contributed by atoms with Crippen LogP contribution in [0.5, 0.6) is 0 Å². The molecule has 0 aliphatic heterocycles. The predicted octanol–water partition coefficient (Wildman–Crippen LogP) is -0.569. The van der Waals surface area contributed by atoms with E-state index in [2.05, 4.69) is 10.2 Å². The van der Waals surface area contributed by atoms with Gasteiger partial charge in [-0.15, -0.1) is 0 Å². The molecule has 0 aromatic carbocycles. The van der Waals surface area contributed by atoms with Crippen LogP contribution in [0.3, 0.4) is 0 Å². The summed E-state index contributed by atoms with van der Waals surface area (Å²) in [5.74, 6) is -0.146. The maximum atomic E-state index is 10.9. The summed E-state index contributed by atoms with van der Waals surface area (Å²) >= 11 is 0. The second-order valence-corrected chi connectivity index (χ2v) is 3.33. The largest absolute Gasteiger partial charge is 0.382 e. The van der Waals surface area contributed by atoms with Crippen LogP contribution in [0, 0.1) is 5.41 Å². The van der Waals surface area contributed by atoms with Gasteiger partial charge < -0.3 is 5.73 Å². The SMILES string of the molecule is CS(=O)c1cn[nH]c1C(=N)N. The lowest BCUT2D eigenvalue weighted by Gasteiger charge is -1.94. The van der Waals surface area contributed by atoms with Crippen molar-refractivity contribution in [2.75, 3.05) is 6.26 Å². The normalized spacial score (nSPS) is 12.8. The van der Waals surface area contributed by atoms with E-state index in [9.17, 15) is 4.21 Å². The van der Waals surface area contributed by atoms with Crippen molar-refractivity contribution < 1.29 is 4.21 Å². The fraction of sp³-hybridized carbons (Fsp3) is 0.200. The van der Waals surface area contributed by atoms with Gasteiger partial charge in [0, 0.05) is 6.26 Å². The zero-order valence-electron chi connectivity index (χ0n) is 5.92. The number of H-pyrrole nitrogens is 1. The zero-order valence-corrected chi connectivity index (χ0v) is 6.73. The van der Waals surface area contributed by atoms with Crippen LogP contribution in [0.25, 0.3) is 0 Å². The molecule has 1 aromatic heterocycles. The van der Waals surface area contributed by atoms with Crippen molar-refractivity contribution in [3.05, 3.63) is 11.9 Å². The number of amidine groups is 1. The van der Waals surface area contributed by atoms with Gasteiger partial charge in [-0.25, -0.2) is 0 Å². The van der Waals surface area contributed by atoms with Gasteiger partial charge >= 0.3 is 0 Å². The molecule has 1 aromatic rings. The number of hydrogen-bond donors (Lipinski definition) is 3. The molecule has 5 nitrogen and oxygen atoms in total. The monoisotopic (exact) mass is 172 g/mol. The van der Waals surface area contributed by atoms with Gasteiger partial charge in [0.25, 0.3) is 0 Å². The number of nitrogens with zero attached hydrogens (tertiary/aromatic N) is 1. The van der Waals surface area contributed by atoms with Crippen LogP contribution in [-0.2, 0) is 10.8 Å². The van der Waals surface area contributed by atoms with Gasteiger partial charge in [-0.05, 0) is 0 Å². The predicted molar refractivity (Wildman–Crippen MR) is 41.9 cm³/mol.